The molecule has 1 aromatic heterocycles. The van der Waals surface area contributed by atoms with E-state index in [1.807, 2.05) is 46.7 Å². The van der Waals surface area contributed by atoms with Crippen LogP contribution in [0.4, 0.5) is 0 Å². The highest BCUT2D eigenvalue weighted by molar-refractivity contribution is 7.10. The van der Waals surface area contributed by atoms with Gasteiger partial charge in [0.05, 0.1) is 31.8 Å². The summed E-state index contributed by atoms with van der Waals surface area (Å²) in [5.74, 6) is -0.413. The zero-order valence-electron chi connectivity index (χ0n) is 15.9. The van der Waals surface area contributed by atoms with Crippen LogP contribution in [0.3, 0.4) is 0 Å². The molecule has 1 aromatic carbocycles. The Morgan fingerprint density at radius 2 is 2.00 bits per heavy atom. The monoisotopic (exact) mass is 400 g/mol. The molecule has 0 spiro atoms. The summed E-state index contributed by atoms with van der Waals surface area (Å²) in [7, 11) is 1.62. The standard InChI is InChI=1S/C21H24N2O4S/c1-26-11-10-23-19(17-7-4-14-28-17)18(21(25)22-8-12-27-13-9-22)15-5-2-3-6-16(15)20(23)24/h2-7,14,18-19H,8-13H2,1H3. The molecule has 2 atom stereocenters. The van der Waals surface area contributed by atoms with Gasteiger partial charge < -0.3 is 19.3 Å². The van der Waals surface area contributed by atoms with Crippen molar-refractivity contribution >= 4 is 23.2 Å². The van der Waals surface area contributed by atoms with E-state index in [2.05, 4.69) is 0 Å². The molecule has 1 fully saturated rings. The molecule has 1 saturated heterocycles. The molecule has 0 N–H and O–H groups in total. The number of fused-ring (bicyclic) bond motifs is 1. The second-order valence-corrected chi connectivity index (χ2v) is 7.93. The molecular weight excluding hydrogens is 376 g/mol. The molecule has 6 nitrogen and oxygen atoms in total. The van der Waals surface area contributed by atoms with Crippen LogP contribution in [0.1, 0.15) is 32.8 Å². The van der Waals surface area contributed by atoms with Crippen molar-refractivity contribution in [1.82, 2.24) is 9.80 Å². The summed E-state index contributed by atoms with van der Waals surface area (Å²) in [6.45, 7) is 3.14. The van der Waals surface area contributed by atoms with Crippen LogP contribution >= 0.6 is 11.3 Å². The summed E-state index contributed by atoms with van der Waals surface area (Å²) in [5, 5.41) is 1.99. The molecule has 2 unspecified atom stereocenters. The number of rotatable bonds is 5. The molecule has 0 bridgehead atoms. The van der Waals surface area contributed by atoms with Gasteiger partial charge >= 0.3 is 0 Å². The van der Waals surface area contributed by atoms with Crippen LogP contribution in [-0.2, 0) is 14.3 Å². The first-order valence-electron chi connectivity index (χ1n) is 9.51. The number of carbonyl (C=O) groups excluding carboxylic acids is 2. The van der Waals surface area contributed by atoms with Crippen LogP contribution in [0.5, 0.6) is 0 Å². The van der Waals surface area contributed by atoms with Crippen LogP contribution in [0.25, 0.3) is 0 Å². The maximum atomic E-state index is 13.7. The average Bonchev–Trinajstić information content (AvgIpc) is 3.27. The van der Waals surface area contributed by atoms with Crippen molar-refractivity contribution in [3.8, 4) is 0 Å². The highest BCUT2D eigenvalue weighted by Crippen LogP contribution is 2.44. The maximum Gasteiger partial charge on any atom is 0.254 e. The lowest BCUT2D eigenvalue weighted by atomic mass is 9.81. The SMILES string of the molecule is COCCN1C(=O)c2ccccc2C(C(=O)N2CCOCC2)C1c1cccs1. The average molecular weight is 401 g/mol. The summed E-state index contributed by atoms with van der Waals surface area (Å²) in [6, 6.07) is 11.2. The van der Waals surface area contributed by atoms with E-state index in [1.165, 1.54) is 0 Å². The lowest BCUT2D eigenvalue weighted by Crippen LogP contribution is -2.51. The van der Waals surface area contributed by atoms with Crippen LogP contribution in [0.15, 0.2) is 41.8 Å². The third kappa shape index (κ3) is 3.45. The third-order valence-corrected chi connectivity index (χ3v) is 6.34. The molecule has 2 aromatic rings. The number of thiophene rings is 1. The van der Waals surface area contributed by atoms with E-state index in [1.54, 1.807) is 23.3 Å². The summed E-state index contributed by atoms with van der Waals surface area (Å²) >= 11 is 1.58. The minimum Gasteiger partial charge on any atom is -0.383 e. The Bertz CT molecular complexity index is 833. The first-order valence-corrected chi connectivity index (χ1v) is 10.4. The van der Waals surface area contributed by atoms with Crippen LogP contribution in [0, 0.1) is 0 Å². The molecule has 148 valence electrons. The van der Waals surface area contributed by atoms with Crippen molar-refractivity contribution in [3.63, 3.8) is 0 Å². The lowest BCUT2D eigenvalue weighted by molar-refractivity contribution is -0.138. The minimum atomic E-state index is -0.428. The van der Waals surface area contributed by atoms with Gasteiger partial charge in [-0.15, -0.1) is 11.3 Å². The third-order valence-electron chi connectivity index (χ3n) is 5.40. The van der Waals surface area contributed by atoms with Crippen molar-refractivity contribution in [3.05, 3.63) is 57.8 Å². The van der Waals surface area contributed by atoms with Gasteiger partial charge in [0.1, 0.15) is 0 Å². The molecule has 0 radical (unpaired) electrons. The number of hydrogen-bond donors (Lipinski definition) is 0. The molecule has 7 heteroatoms. The molecule has 2 amide bonds. The number of methoxy groups -OCH3 is 1. The summed E-state index contributed by atoms with van der Waals surface area (Å²) in [5.41, 5.74) is 1.43. The molecule has 28 heavy (non-hydrogen) atoms. The number of benzene rings is 1. The van der Waals surface area contributed by atoms with Crippen molar-refractivity contribution in [2.45, 2.75) is 12.0 Å². The molecule has 2 aliphatic heterocycles. The van der Waals surface area contributed by atoms with E-state index in [0.717, 1.165) is 10.4 Å². The highest BCUT2D eigenvalue weighted by atomic mass is 32.1. The normalized spacial score (nSPS) is 22.2. The number of amides is 2. The molecular formula is C21H24N2O4S. The molecule has 3 heterocycles. The van der Waals surface area contributed by atoms with Crippen molar-refractivity contribution in [2.75, 3.05) is 46.6 Å². The van der Waals surface area contributed by atoms with Crippen molar-refractivity contribution in [1.29, 1.82) is 0 Å². The predicted octanol–water partition coefficient (Wildman–Crippen LogP) is 2.53. The predicted molar refractivity (Wildman–Crippen MR) is 107 cm³/mol. The zero-order valence-corrected chi connectivity index (χ0v) is 16.7. The van der Waals surface area contributed by atoms with Gasteiger partial charge in [-0.1, -0.05) is 24.3 Å². The Morgan fingerprint density at radius 1 is 1.21 bits per heavy atom. The topological polar surface area (TPSA) is 59.1 Å². The lowest BCUT2D eigenvalue weighted by Gasteiger charge is -2.43. The number of morpholine rings is 1. The fourth-order valence-corrected chi connectivity index (χ4v) is 4.92. The second-order valence-electron chi connectivity index (χ2n) is 6.95. The van der Waals surface area contributed by atoms with E-state index in [9.17, 15) is 9.59 Å². The largest absolute Gasteiger partial charge is 0.383 e. The Morgan fingerprint density at radius 3 is 2.71 bits per heavy atom. The first kappa shape index (κ1) is 19.1. The van der Waals surface area contributed by atoms with Gasteiger partial charge in [-0.2, -0.15) is 0 Å². The number of ether oxygens (including phenoxy) is 2. The fraction of sp³-hybridized carbons (Fsp3) is 0.429. The van der Waals surface area contributed by atoms with Crippen molar-refractivity contribution < 1.29 is 19.1 Å². The highest BCUT2D eigenvalue weighted by Gasteiger charge is 2.45. The zero-order chi connectivity index (χ0) is 19.5. The van der Waals surface area contributed by atoms with E-state index in [4.69, 9.17) is 9.47 Å². The van der Waals surface area contributed by atoms with Crippen molar-refractivity contribution in [2.24, 2.45) is 0 Å². The molecule has 2 aliphatic rings. The summed E-state index contributed by atoms with van der Waals surface area (Å²) < 4.78 is 10.7. The van der Waals surface area contributed by atoms with Gasteiger partial charge in [-0.3, -0.25) is 9.59 Å². The Hall–Kier alpha value is -2.22. The Balaban J connectivity index is 1.81. The van der Waals surface area contributed by atoms with Gasteiger partial charge in [0, 0.05) is 37.2 Å². The van der Waals surface area contributed by atoms with Gasteiger partial charge in [0.25, 0.3) is 5.91 Å². The quantitative estimate of drug-likeness (QED) is 0.774. The number of hydrogen-bond acceptors (Lipinski definition) is 5. The number of carbonyl (C=O) groups is 2. The van der Waals surface area contributed by atoms with Gasteiger partial charge in [0.2, 0.25) is 5.91 Å². The summed E-state index contributed by atoms with van der Waals surface area (Å²) in [4.78, 5) is 31.7. The van der Waals surface area contributed by atoms with E-state index in [-0.39, 0.29) is 17.9 Å². The maximum absolute atomic E-state index is 13.7. The molecule has 0 aliphatic carbocycles. The van der Waals surface area contributed by atoms with E-state index >= 15 is 0 Å². The second kappa shape index (κ2) is 8.43. The first-order chi connectivity index (χ1) is 13.7. The Kier molecular flexibility index (Phi) is 5.75. The van der Waals surface area contributed by atoms with Gasteiger partial charge in [-0.05, 0) is 23.1 Å². The smallest absolute Gasteiger partial charge is 0.254 e. The van der Waals surface area contributed by atoms with Gasteiger partial charge in [0.15, 0.2) is 0 Å². The Labute approximate surface area is 168 Å². The van der Waals surface area contributed by atoms with E-state index < -0.39 is 5.92 Å². The molecule has 4 rings (SSSR count). The van der Waals surface area contributed by atoms with Crippen LogP contribution in [-0.4, -0.2) is 68.2 Å². The fourth-order valence-electron chi connectivity index (χ4n) is 4.05. The number of nitrogens with zero attached hydrogens (tertiary/aromatic N) is 2. The van der Waals surface area contributed by atoms with E-state index in [0.29, 0.717) is 45.0 Å². The van der Waals surface area contributed by atoms with Gasteiger partial charge in [-0.25, -0.2) is 0 Å². The molecule has 0 saturated carbocycles. The van der Waals surface area contributed by atoms with Crippen LogP contribution in [0.2, 0.25) is 0 Å². The minimum absolute atomic E-state index is 0.0444. The summed E-state index contributed by atoms with van der Waals surface area (Å²) in [6.07, 6.45) is 0. The van der Waals surface area contributed by atoms with Crippen LogP contribution < -0.4 is 0 Å².